The third-order valence-corrected chi connectivity index (χ3v) is 4.65. The van der Waals surface area contributed by atoms with Gasteiger partial charge in [-0.05, 0) is 35.9 Å². The number of anilines is 1. The monoisotopic (exact) mass is 467 g/mol. The second kappa shape index (κ2) is 8.92. The van der Waals surface area contributed by atoms with Crippen LogP contribution in [0, 0.1) is 3.57 Å². The summed E-state index contributed by atoms with van der Waals surface area (Å²) in [6.07, 6.45) is -0.501. The van der Waals surface area contributed by atoms with Crippen LogP contribution in [0.2, 0.25) is 0 Å². The normalized spacial score (nSPS) is 25.8. The summed E-state index contributed by atoms with van der Waals surface area (Å²) in [5.41, 5.74) is -0.716. The molecule has 140 valence electrons. The van der Waals surface area contributed by atoms with Crippen molar-refractivity contribution in [2.24, 2.45) is 0 Å². The van der Waals surface area contributed by atoms with E-state index in [1.165, 1.54) is 6.20 Å². The standard InChI is InChI=1S/C15H22IN3O6/c1-3-4-5-6-24-15(23)18-12-9(16)7-19(14(22)17-12)13-11(21)10(20)8(2)25-13/h7-8,10-11,13,20-21H,3-6H2,1-2H3,(H,17,18,22,23)/t8-,10-,11-,13-/m1/s1. The SMILES string of the molecule is CCCCCOC(=O)Nc1nc(=O)n([C@@H]2O[C@H](C)[C@@H](O)[C@H]2O)cc1I. The van der Waals surface area contributed by atoms with Gasteiger partial charge in [-0.25, -0.2) is 9.59 Å². The highest BCUT2D eigenvalue weighted by molar-refractivity contribution is 14.1. The lowest BCUT2D eigenvalue weighted by Crippen LogP contribution is -2.36. The third kappa shape index (κ3) is 4.90. The molecule has 0 unspecified atom stereocenters. The molecule has 25 heavy (non-hydrogen) atoms. The molecule has 1 fully saturated rings. The summed E-state index contributed by atoms with van der Waals surface area (Å²) >= 11 is 1.90. The van der Waals surface area contributed by atoms with Crippen molar-refractivity contribution in [1.29, 1.82) is 0 Å². The molecule has 1 aromatic heterocycles. The number of ether oxygens (including phenoxy) is 2. The second-order valence-corrected chi connectivity index (χ2v) is 6.97. The Hall–Kier alpha value is -1.24. The Bertz CT molecular complexity index is 667. The Labute approximate surface area is 158 Å². The first-order chi connectivity index (χ1) is 11.8. The zero-order chi connectivity index (χ0) is 18.6. The zero-order valence-electron chi connectivity index (χ0n) is 14.0. The van der Waals surface area contributed by atoms with Crippen LogP contribution in [0.1, 0.15) is 39.3 Å². The molecule has 1 aromatic rings. The quantitative estimate of drug-likeness (QED) is 0.425. The van der Waals surface area contributed by atoms with Crippen molar-refractivity contribution < 1.29 is 24.5 Å². The van der Waals surface area contributed by atoms with Gasteiger partial charge in [-0.2, -0.15) is 4.98 Å². The minimum absolute atomic E-state index is 0.0726. The van der Waals surface area contributed by atoms with Crippen LogP contribution in [0.5, 0.6) is 0 Å². The van der Waals surface area contributed by atoms with Crippen LogP contribution in [0.4, 0.5) is 10.6 Å². The lowest BCUT2D eigenvalue weighted by molar-refractivity contribution is -0.0351. The van der Waals surface area contributed by atoms with Gasteiger partial charge in [-0.3, -0.25) is 9.88 Å². The first-order valence-electron chi connectivity index (χ1n) is 8.09. The van der Waals surface area contributed by atoms with Gasteiger partial charge in [0, 0.05) is 6.20 Å². The van der Waals surface area contributed by atoms with Gasteiger partial charge in [0.1, 0.15) is 12.2 Å². The molecular weight excluding hydrogens is 445 g/mol. The maximum atomic E-state index is 12.2. The van der Waals surface area contributed by atoms with Crippen molar-refractivity contribution >= 4 is 34.5 Å². The highest BCUT2D eigenvalue weighted by atomic mass is 127. The van der Waals surface area contributed by atoms with Gasteiger partial charge in [0.15, 0.2) is 12.0 Å². The lowest BCUT2D eigenvalue weighted by atomic mass is 10.1. The van der Waals surface area contributed by atoms with Crippen LogP contribution in [0.3, 0.4) is 0 Å². The fraction of sp³-hybridized carbons (Fsp3) is 0.667. The van der Waals surface area contributed by atoms with Crippen molar-refractivity contribution in [3.63, 3.8) is 0 Å². The first kappa shape index (κ1) is 20.1. The molecule has 4 atom stereocenters. The number of nitrogens with one attached hydrogen (secondary N) is 1. The number of aliphatic hydroxyl groups excluding tert-OH is 2. The highest BCUT2D eigenvalue weighted by Gasteiger charge is 2.42. The van der Waals surface area contributed by atoms with E-state index in [0.717, 1.165) is 23.8 Å². The van der Waals surface area contributed by atoms with Crippen molar-refractivity contribution in [3.05, 3.63) is 20.3 Å². The van der Waals surface area contributed by atoms with Crippen LogP contribution in [-0.4, -0.2) is 50.8 Å². The summed E-state index contributed by atoms with van der Waals surface area (Å²) in [6.45, 7) is 3.94. The van der Waals surface area contributed by atoms with Crippen LogP contribution < -0.4 is 11.0 Å². The number of carbonyl (C=O) groups is 1. The molecule has 1 aliphatic rings. The van der Waals surface area contributed by atoms with E-state index in [1.54, 1.807) is 6.92 Å². The van der Waals surface area contributed by atoms with Crippen molar-refractivity contribution in [2.45, 2.75) is 57.6 Å². The molecule has 0 radical (unpaired) electrons. The number of aliphatic hydroxyl groups is 2. The largest absolute Gasteiger partial charge is 0.449 e. The number of hydrogen-bond acceptors (Lipinski definition) is 7. The molecule has 3 N–H and O–H groups in total. The molecule has 2 rings (SSSR count). The Morgan fingerprint density at radius 1 is 1.44 bits per heavy atom. The fourth-order valence-electron chi connectivity index (χ4n) is 2.42. The smallest absolute Gasteiger partial charge is 0.412 e. The Kier molecular flexibility index (Phi) is 7.16. The molecule has 0 bridgehead atoms. The molecule has 1 amide bonds. The van der Waals surface area contributed by atoms with Gasteiger partial charge in [-0.1, -0.05) is 19.8 Å². The van der Waals surface area contributed by atoms with Gasteiger partial charge >= 0.3 is 11.8 Å². The third-order valence-electron chi connectivity index (χ3n) is 3.86. The Morgan fingerprint density at radius 2 is 2.16 bits per heavy atom. The summed E-state index contributed by atoms with van der Waals surface area (Å²) < 4.78 is 12.0. The number of carbonyl (C=O) groups excluding carboxylic acids is 1. The van der Waals surface area contributed by atoms with Crippen molar-refractivity contribution in [2.75, 3.05) is 11.9 Å². The van der Waals surface area contributed by atoms with Gasteiger partial charge in [0.25, 0.3) is 0 Å². The molecule has 0 spiro atoms. The van der Waals surface area contributed by atoms with E-state index in [1.807, 2.05) is 29.5 Å². The Morgan fingerprint density at radius 3 is 2.76 bits per heavy atom. The predicted molar refractivity (Wildman–Crippen MR) is 97.3 cm³/mol. The van der Waals surface area contributed by atoms with Gasteiger partial charge in [0.2, 0.25) is 0 Å². The van der Waals surface area contributed by atoms with E-state index in [2.05, 4.69) is 10.3 Å². The van der Waals surface area contributed by atoms with Crippen LogP contribution in [0.25, 0.3) is 0 Å². The van der Waals surface area contributed by atoms with Crippen LogP contribution in [-0.2, 0) is 9.47 Å². The second-order valence-electron chi connectivity index (χ2n) is 5.81. The van der Waals surface area contributed by atoms with E-state index >= 15 is 0 Å². The minimum Gasteiger partial charge on any atom is -0.449 e. The van der Waals surface area contributed by atoms with Gasteiger partial charge in [-0.15, -0.1) is 0 Å². The molecule has 10 heteroatoms. The average Bonchev–Trinajstić information content (AvgIpc) is 2.82. The van der Waals surface area contributed by atoms with E-state index in [0.29, 0.717) is 10.2 Å². The molecule has 1 saturated heterocycles. The van der Waals surface area contributed by atoms with Crippen molar-refractivity contribution in [3.8, 4) is 0 Å². The fourth-order valence-corrected chi connectivity index (χ4v) is 2.98. The van der Waals surface area contributed by atoms with Gasteiger partial charge in [0.05, 0.1) is 16.3 Å². The highest BCUT2D eigenvalue weighted by Crippen LogP contribution is 2.28. The van der Waals surface area contributed by atoms with E-state index in [9.17, 15) is 19.8 Å². The minimum atomic E-state index is -1.24. The number of rotatable bonds is 6. The topological polar surface area (TPSA) is 123 Å². The van der Waals surface area contributed by atoms with Crippen molar-refractivity contribution in [1.82, 2.24) is 9.55 Å². The number of unbranched alkanes of at least 4 members (excludes halogenated alkanes) is 2. The number of halogens is 1. The Balaban J connectivity index is 2.07. The van der Waals surface area contributed by atoms with E-state index in [-0.39, 0.29) is 5.82 Å². The number of aromatic nitrogens is 2. The first-order valence-corrected chi connectivity index (χ1v) is 9.17. The van der Waals surface area contributed by atoms with Crippen LogP contribution in [0.15, 0.2) is 11.0 Å². The summed E-state index contributed by atoms with van der Waals surface area (Å²) in [4.78, 5) is 27.7. The maximum absolute atomic E-state index is 12.2. The molecular formula is C15H22IN3O6. The molecule has 1 aliphatic heterocycles. The summed E-state index contributed by atoms with van der Waals surface area (Å²) in [5, 5.41) is 22.2. The molecule has 0 aromatic carbocycles. The number of amides is 1. The maximum Gasteiger partial charge on any atom is 0.412 e. The number of hydrogen-bond donors (Lipinski definition) is 3. The molecule has 0 saturated carbocycles. The summed E-state index contributed by atoms with van der Waals surface area (Å²) in [5.74, 6) is 0.0726. The summed E-state index contributed by atoms with van der Waals surface area (Å²) in [7, 11) is 0. The number of nitrogens with zero attached hydrogens (tertiary/aromatic N) is 2. The van der Waals surface area contributed by atoms with Gasteiger partial charge < -0.3 is 19.7 Å². The van der Waals surface area contributed by atoms with E-state index in [4.69, 9.17) is 9.47 Å². The predicted octanol–water partition coefficient (Wildman–Crippen LogP) is 1.23. The van der Waals surface area contributed by atoms with E-state index < -0.39 is 36.3 Å². The lowest BCUT2D eigenvalue weighted by Gasteiger charge is -2.18. The summed E-state index contributed by atoms with van der Waals surface area (Å²) in [6, 6.07) is 0. The molecule has 0 aliphatic carbocycles. The zero-order valence-corrected chi connectivity index (χ0v) is 16.2. The molecule has 2 heterocycles. The molecule has 9 nitrogen and oxygen atoms in total. The van der Waals surface area contributed by atoms with Crippen LogP contribution >= 0.6 is 22.6 Å². The average molecular weight is 467 g/mol.